The van der Waals surface area contributed by atoms with Gasteiger partial charge in [0, 0.05) is 42.5 Å². The summed E-state index contributed by atoms with van der Waals surface area (Å²) < 4.78 is 42.0. The van der Waals surface area contributed by atoms with Crippen molar-refractivity contribution in [3.05, 3.63) is 70.4 Å². The summed E-state index contributed by atoms with van der Waals surface area (Å²) in [5, 5.41) is 14.3. The number of carbonyl (C=O) groups excluding carboxylic acids is 1. The van der Waals surface area contributed by atoms with E-state index in [9.17, 15) is 18.0 Å². The number of nitrogens with one attached hydrogen (secondary N) is 1. The summed E-state index contributed by atoms with van der Waals surface area (Å²) in [6.07, 6.45) is 3.33. The molecule has 1 aliphatic rings. The van der Waals surface area contributed by atoms with Gasteiger partial charge < -0.3 is 10.2 Å². The average molecular weight is 602 g/mol. The number of piperidine rings is 1. The molecule has 1 amide bonds. The van der Waals surface area contributed by atoms with E-state index in [1.165, 1.54) is 48.4 Å². The molecular weight excluding hydrogens is 571 g/mol. The molecule has 1 aliphatic heterocycles. The zero-order chi connectivity index (χ0) is 28.8. The highest BCUT2D eigenvalue weighted by atomic mass is 32.2. The molecular formula is C28H30F3N7OS2. The first kappa shape index (κ1) is 29.2. The van der Waals surface area contributed by atoms with Gasteiger partial charge in [-0.25, -0.2) is 4.98 Å². The van der Waals surface area contributed by atoms with Gasteiger partial charge in [-0.05, 0) is 63.1 Å². The van der Waals surface area contributed by atoms with Crippen LogP contribution in [0.4, 0.5) is 13.2 Å². The fourth-order valence-electron chi connectivity index (χ4n) is 4.77. The zero-order valence-electron chi connectivity index (χ0n) is 22.5. The summed E-state index contributed by atoms with van der Waals surface area (Å²) in [6.45, 7) is 4.93. The second-order valence-electron chi connectivity index (χ2n) is 9.84. The number of pyridine rings is 1. The van der Waals surface area contributed by atoms with Crippen LogP contribution in [0.5, 0.6) is 0 Å². The third-order valence-electron chi connectivity index (χ3n) is 6.94. The number of nitrogens with zero attached hydrogens (tertiary/aromatic N) is 6. The van der Waals surface area contributed by atoms with Gasteiger partial charge in [0.15, 0.2) is 11.0 Å². The van der Waals surface area contributed by atoms with Crippen molar-refractivity contribution in [1.82, 2.24) is 34.9 Å². The third kappa shape index (κ3) is 7.32. The number of likely N-dealkylation sites (tertiary alicyclic amines) is 1. The summed E-state index contributed by atoms with van der Waals surface area (Å²) in [6, 6.07) is 9.14. The van der Waals surface area contributed by atoms with Crippen LogP contribution in [0.3, 0.4) is 0 Å². The Morgan fingerprint density at radius 1 is 1.20 bits per heavy atom. The van der Waals surface area contributed by atoms with E-state index in [0.29, 0.717) is 45.6 Å². The quantitative estimate of drug-likeness (QED) is 0.174. The molecule has 4 aromatic rings. The molecule has 8 nitrogen and oxygen atoms in total. The molecule has 3 aromatic heterocycles. The van der Waals surface area contributed by atoms with Gasteiger partial charge in [-0.1, -0.05) is 24.2 Å². The molecule has 0 bridgehead atoms. The molecule has 1 unspecified atom stereocenters. The molecule has 5 rings (SSSR count). The lowest BCUT2D eigenvalue weighted by Crippen LogP contribution is -2.39. The van der Waals surface area contributed by atoms with Gasteiger partial charge in [-0.2, -0.15) is 13.2 Å². The lowest BCUT2D eigenvalue weighted by Gasteiger charge is -2.33. The Labute approximate surface area is 244 Å². The highest BCUT2D eigenvalue weighted by Gasteiger charge is 2.31. The SMILES string of the molecule is CC1CCCCN1CCCNC(=O)c1csc(CSc2nnc(-c3cccnc3)n2-c2cccc(C(F)(F)F)c2)n1. The first-order valence-electron chi connectivity index (χ1n) is 13.4. The molecule has 1 saturated heterocycles. The highest BCUT2D eigenvalue weighted by Crippen LogP contribution is 2.34. The number of alkyl halides is 3. The number of carbonyl (C=O) groups is 1. The number of aromatic nitrogens is 5. The zero-order valence-corrected chi connectivity index (χ0v) is 24.1. The monoisotopic (exact) mass is 601 g/mol. The number of amides is 1. The first-order chi connectivity index (χ1) is 19.8. The molecule has 4 heterocycles. The lowest BCUT2D eigenvalue weighted by molar-refractivity contribution is -0.137. The molecule has 216 valence electrons. The van der Waals surface area contributed by atoms with Gasteiger partial charge in [0.05, 0.1) is 17.0 Å². The number of hydrogen-bond acceptors (Lipinski definition) is 8. The number of thiazole rings is 1. The van der Waals surface area contributed by atoms with Crippen LogP contribution >= 0.6 is 23.1 Å². The molecule has 0 spiro atoms. The molecule has 13 heteroatoms. The van der Waals surface area contributed by atoms with E-state index in [-0.39, 0.29) is 11.6 Å². The van der Waals surface area contributed by atoms with Gasteiger partial charge in [0.2, 0.25) is 0 Å². The van der Waals surface area contributed by atoms with E-state index in [4.69, 9.17) is 0 Å². The molecule has 1 N–H and O–H groups in total. The normalized spacial score (nSPS) is 16.1. The van der Waals surface area contributed by atoms with Crippen LogP contribution in [-0.2, 0) is 11.9 Å². The number of thioether (sulfide) groups is 1. The molecule has 41 heavy (non-hydrogen) atoms. The third-order valence-corrected chi connectivity index (χ3v) is 8.91. The van der Waals surface area contributed by atoms with Gasteiger partial charge in [0.1, 0.15) is 10.7 Å². The second-order valence-corrected chi connectivity index (χ2v) is 11.7. The summed E-state index contributed by atoms with van der Waals surface area (Å²) in [5.41, 5.74) is 0.488. The van der Waals surface area contributed by atoms with Crippen molar-refractivity contribution in [1.29, 1.82) is 0 Å². The van der Waals surface area contributed by atoms with E-state index < -0.39 is 11.7 Å². The molecule has 1 fully saturated rings. The Morgan fingerprint density at radius 2 is 2.07 bits per heavy atom. The topological polar surface area (TPSA) is 88.8 Å². The molecule has 1 atom stereocenters. The van der Waals surface area contributed by atoms with E-state index >= 15 is 0 Å². The van der Waals surface area contributed by atoms with Gasteiger partial charge in [0.25, 0.3) is 5.91 Å². The summed E-state index contributed by atoms with van der Waals surface area (Å²) >= 11 is 2.64. The fraction of sp³-hybridized carbons (Fsp3) is 0.393. The van der Waals surface area contributed by atoms with Crippen LogP contribution < -0.4 is 5.32 Å². The van der Waals surface area contributed by atoms with Gasteiger partial charge in [-0.15, -0.1) is 21.5 Å². The van der Waals surface area contributed by atoms with E-state index in [1.54, 1.807) is 40.5 Å². The van der Waals surface area contributed by atoms with Crippen molar-refractivity contribution in [3.8, 4) is 17.1 Å². The number of hydrogen-bond donors (Lipinski definition) is 1. The van der Waals surface area contributed by atoms with Crippen LogP contribution in [0.2, 0.25) is 0 Å². The number of rotatable bonds is 10. The smallest absolute Gasteiger partial charge is 0.351 e. The Balaban J connectivity index is 1.25. The van der Waals surface area contributed by atoms with Crippen molar-refractivity contribution in [3.63, 3.8) is 0 Å². The van der Waals surface area contributed by atoms with Crippen LogP contribution in [0.1, 0.15) is 53.7 Å². The summed E-state index contributed by atoms with van der Waals surface area (Å²) in [4.78, 5) is 23.7. The minimum atomic E-state index is -4.49. The lowest BCUT2D eigenvalue weighted by atomic mass is 10.0. The minimum Gasteiger partial charge on any atom is -0.351 e. The highest BCUT2D eigenvalue weighted by molar-refractivity contribution is 7.98. The molecule has 0 aliphatic carbocycles. The molecule has 0 radical (unpaired) electrons. The van der Waals surface area contributed by atoms with Crippen LogP contribution in [-0.4, -0.2) is 61.2 Å². The van der Waals surface area contributed by atoms with Crippen LogP contribution in [0.25, 0.3) is 17.1 Å². The van der Waals surface area contributed by atoms with E-state index in [2.05, 4.69) is 37.3 Å². The van der Waals surface area contributed by atoms with E-state index in [1.807, 2.05) is 0 Å². The van der Waals surface area contributed by atoms with E-state index in [0.717, 1.165) is 31.6 Å². The van der Waals surface area contributed by atoms with Gasteiger partial charge in [-0.3, -0.25) is 14.3 Å². The van der Waals surface area contributed by atoms with Crippen molar-refractivity contribution in [2.45, 2.75) is 55.7 Å². The number of benzene rings is 1. The van der Waals surface area contributed by atoms with Crippen LogP contribution in [0.15, 0.2) is 59.3 Å². The largest absolute Gasteiger partial charge is 0.416 e. The van der Waals surface area contributed by atoms with Crippen molar-refractivity contribution in [2.75, 3.05) is 19.6 Å². The maximum atomic E-state index is 13.5. The average Bonchev–Trinajstić information content (AvgIpc) is 3.63. The first-order valence-corrected chi connectivity index (χ1v) is 15.3. The maximum absolute atomic E-state index is 13.5. The minimum absolute atomic E-state index is 0.213. The summed E-state index contributed by atoms with van der Waals surface area (Å²) in [7, 11) is 0. The molecule has 0 saturated carbocycles. The molecule has 1 aromatic carbocycles. The Kier molecular flexibility index (Phi) is 9.35. The standard InChI is InChI=1S/C28H30F3N7OS2/c1-19-7-2-3-13-37(19)14-6-12-33-26(39)23-17-40-24(34-23)18-41-27-36-35-25(20-8-5-11-32-16-20)38(27)22-10-4-9-21(15-22)28(29,30)31/h4-5,8-11,15-17,19H,2-3,6-7,12-14,18H2,1H3,(H,33,39). The number of halogens is 3. The van der Waals surface area contributed by atoms with Crippen LogP contribution in [0, 0.1) is 0 Å². The Bertz CT molecular complexity index is 1460. The van der Waals surface area contributed by atoms with Crippen molar-refractivity contribution < 1.29 is 18.0 Å². The summed E-state index contributed by atoms with van der Waals surface area (Å²) in [5.74, 6) is 0.530. The fourth-order valence-corrected chi connectivity index (χ4v) is 6.52. The Morgan fingerprint density at radius 3 is 2.85 bits per heavy atom. The second kappa shape index (κ2) is 13.1. The maximum Gasteiger partial charge on any atom is 0.416 e. The van der Waals surface area contributed by atoms with Gasteiger partial charge >= 0.3 is 6.18 Å². The Hall–Kier alpha value is -3.29. The predicted octanol–water partition coefficient (Wildman–Crippen LogP) is 6.09. The van der Waals surface area contributed by atoms with Crippen molar-refractivity contribution >= 4 is 29.0 Å². The predicted molar refractivity (Wildman–Crippen MR) is 153 cm³/mol. The van der Waals surface area contributed by atoms with Crippen molar-refractivity contribution in [2.24, 2.45) is 0 Å².